The van der Waals surface area contributed by atoms with Gasteiger partial charge in [0.25, 0.3) is 0 Å². The summed E-state index contributed by atoms with van der Waals surface area (Å²) in [4.78, 5) is 25.3. The van der Waals surface area contributed by atoms with Crippen LogP contribution in [0.25, 0.3) is 22.3 Å². The maximum Gasteiger partial charge on any atom is 0.225 e. The van der Waals surface area contributed by atoms with E-state index in [1.165, 1.54) is 0 Å². The average Bonchev–Trinajstić information content (AvgIpc) is 3.29. The van der Waals surface area contributed by atoms with Gasteiger partial charge in [0.1, 0.15) is 11.4 Å². The van der Waals surface area contributed by atoms with Gasteiger partial charge in [-0.25, -0.2) is 4.98 Å². The monoisotopic (exact) mass is 434 g/mol. The first-order valence-electron chi connectivity index (χ1n) is 11.5. The summed E-state index contributed by atoms with van der Waals surface area (Å²) in [6.07, 6.45) is 4.72. The number of nitrogens with zero attached hydrogens (tertiary/aromatic N) is 3. The second-order valence-corrected chi connectivity index (χ2v) is 8.82. The molecule has 32 heavy (non-hydrogen) atoms. The van der Waals surface area contributed by atoms with Crippen LogP contribution >= 0.6 is 0 Å². The van der Waals surface area contributed by atoms with Crippen LogP contribution in [0.5, 0.6) is 5.75 Å². The first kappa shape index (κ1) is 20.8. The van der Waals surface area contributed by atoms with Gasteiger partial charge < -0.3 is 24.6 Å². The number of aromatic nitrogens is 2. The molecule has 168 valence electrons. The van der Waals surface area contributed by atoms with E-state index in [1.807, 2.05) is 35.4 Å². The van der Waals surface area contributed by atoms with Crippen LogP contribution in [0.4, 0.5) is 5.69 Å². The van der Waals surface area contributed by atoms with Crippen LogP contribution in [0.1, 0.15) is 25.7 Å². The molecule has 0 spiro atoms. The highest BCUT2D eigenvalue weighted by atomic mass is 16.5. The number of pyridine rings is 1. The molecule has 2 N–H and O–H groups in total. The Morgan fingerprint density at radius 2 is 1.78 bits per heavy atom. The van der Waals surface area contributed by atoms with Crippen LogP contribution in [0.3, 0.4) is 0 Å². The summed E-state index contributed by atoms with van der Waals surface area (Å²) in [5.74, 6) is 1.18. The zero-order valence-corrected chi connectivity index (χ0v) is 18.5. The molecule has 0 radical (unpaired) electrons. The summed E-state index contributed by atoms with van der Waals surface area (Å²) in [6.45, 7) is 3.08. The number of amides is 1. The molecule has 1 aliphatic carbocycles. The van der Waals surface area contributed by atoms with Gasteiger partial charge in [0, 0.05) is 55.1 Å². The molecule has 1 amide bonds. The summed E-state index contributed by atoms with van der Waals surface area (Å²) in [5.41, 5.74) is 4.13. The van der Waals surface area contributed by atoms with Crippen LogP contribution in [-0.2, 0) is 4.79 Å². The summed E-state index contributed by atoms with van der Waals surface area (Å²) in [5, 5.41) is 10.8. The average molecular weight is 435 g/mol. The van der Waals surface area contributed by atoms with E-state index in [4.69, 9.17) is 4.74 Å². The van der Waals surface area contributed by atoms with Crippen molar-refractivity contribution in [3.8, 4) is 17.0 Å². The first-order valence-corrected chi connectivity index (χ1v) is 11.5. The predicted octanol–water partition coefficient (Wildman–Crippen LogP) is 3.44. The maximum atomic E-state index is 12.9. The van der Waals surface area contributed by atoms with Crippen molar-refractivity contribution in [3.63, 3.8) is 0 Å². The number of aromatic amines is 1. The van der Waals surface area contributed by atoms with Gasteiger partial charge in [-0.3, -0.25) is 4.79 Å². The van der Waals surface area contributed by atoms with Crippen LogP contribution < -0.4 is 9.64 Å². The standard InChI is InChI=1S/C25H30N4O3/c1-32-20-8-4-17(5-9-20)22-16-21-23(10-11-26-24(21)27-22)28-12-14-29(15-13-28)25(31)18-2-6-19(30)7-3-18/h4-5,8-11,16,18-19,30H,2-3,6-7,12-15H2,1H3,(H,26,27). The molecule has 5 rings (SSSR count). The number of piperazine rings is 1. The molecule has 0 atom stereocenters. The molecule has 1 aromatic carbocycles. The second-order valence-electron chi connectivity index (χ2n) is 8.82. The number of carbonyl (C=O) groups is 1. The van der Waals surface area contributed by atoms with Gasteiger partial charge in [-0.05, 0) is 67.6 Å². The Balaban J connectivity index is 1.30. The van der Waals surface area contributed by atoms with Crippen molar-refractivity contribution in [2.75, 3.05) is 38.2 Å². The predicted molar refractivity (Wildman–Crippen MR) is 125 cm³/mol. The highest BCUT2D eigenvalue weighted by Crippen LogP contribution is 2.32. The molecular weight excluding hydrogens is 404 g/mol. The van der Waals surface area contributed by atoms with Gasteiger partial charge in [-0.1, -0.05) is 0 Å². The molecule has 7 heteroatoms. The van der Waals surface area contributed by atoms with Gasteiger partial charge >= 0.3 is 0 Å². The molecule has 3 aromatic rings. The van der Waals surface area contributed by atoms with Crippen molar-refractivity contribution in [1.29, 1.82) is 0 Å². The number of H-pyrrole nitrogens is 1. The van der Waals surface area contributed by atoms with Crippen LogP contribution in [0, 0.1) is 5.92 Å². The van der Waals surface area contributed by atoms with E-state index in [-0.39, 0.29) is 17.9 Å². The minimum absolute atomic E-state index is 0.0781. The number of fused-ring (bicyclic) bond motifs is 1. The molecule has 1 saturated heterocycles. The Hall–Kier alpha value is -3.06. The number of methoxy groups -OCH3 is 1. The fraction of sp³-hybridized carbons (Fsp3) is 0.440. The van der Waals surface area contributed by atoms with Gasteiger partial charge in [0.15, 0.2) is 0 Å². The van der Waals surface area contributed by atoms with Gasteiger partial charge in [0.05, 0.1) is 13.2 Å². The lowest BCUT2D eigenvalue weighted by Gasteiger charge is -2.38. The Morgan fingerprint density at radius 1 is 1.06 bits per heavy atom. The van der Waals surface area contributed by atoms with Crippen LogP contribution in [-0.4, -0.2) is 65.3 Å². The van der Waals surface area contributed by atoms with Crippen molar-refractivity contribution >= 4 is 22.6 Å². The number of carbonyl (C=O) groups excluding carboxylic acids is 1. The van der Waals surface area contributed by atoms with Crippen molar-refractivity contribution in [2.24, 2.45) is 5.92 Å². The molecule has 2 aliphatic rings. The number of aliphatic hydroxyl groups is 1. The topological polar surface area (TPSA) is 81.7 Å². The van der Waals surface area contributed by atoms with E-state index in [2.05, 4.69) is 27.0 Å². The van der Waals surface area contributed by atoms with Gasteiger partial charge in [0.2, 0.25) is 5.91 Å². The third kappa shape index (κ3) is 4.05. The summed E-state index contributed by atoms with van der Waals surface area (Å²) < 4.78 is 5.26. The fourth-order valence-corrected chi connectivity index (χ4v) is 4.96. The molecule has 0 unspecified atom stereocenters. The molecule has 1 saturated carbocycles. The van der Waals surface area contributed by atoms with Crippen molar-refractivity contribution in [1.82, 2.24) is 14.9 Å². The van der Waals surface area contributed by atoms with E-state index in [1.54, 1.807) is 7.11 Å². The van der Waals surface area contributed by atoms with Gasteiger partial charge in [-0.15, -0.1) is 0 Å². The smallest absolute Gasteiger partial charge is 0.225 e. The third-order valence-corrected chi connectivity index (χ3v) is 6.89. The molecule has 3 heterocycles. The Kier molecular flexibility index (Phi) is 5.74. The maximum absolute atomic E-state index is 12.9. The summed E-state index contributed by atoms with van der Waals surface area (Å²) >= 11 is 0. The highest BCUT2D eigenvalue weighted by Gasteiger charge is 2.31. The van der Waals surface area contributed by atoms with Crippen molar-refractivity contribution in [3.05, 3.63) is 42.6 Å². The van der Waals surface area contributed by atoms with E-state index in [0.717, 1.165) is 85.6 Å². The zero-order valence-electron chi connectivity index (χ0n) is 18.5. The molecule has 7 nitrogen and oxygen atoms in total. The Morgan fingerprint density at radius 3 is 2.47 bits per heavy atom. The number of aliphatic hydroxyl groups excluding tert-OH is 1. The minimum atomic E-state index is -0.228. The number of hydrogen-bond donors (Lipinski definition) is 2. The molecule has 2 aromatic heterocycles. The quantitative estimate of drug-likeness (QED) is 0.657. The van der Waals surface area contributed by atoms with Crippen molar-refractivity contribution in [2.45, 2.75) is 31.8 Å². The largest absolute Gasteiger partial charge is 0.497 e. The first-order chi connectivity index (χ1) is 15.6. The van der Waals surface area contributed by atoms with Crippen LogP contribution in [0.2, 0.25) is 0 Å². The number of nitrogens with one attached hydrogen (secondary N) is 1. The third-order valence-electron chi connectivity index (χ3n) is 6.89. The van der Waals surface area contributed by atoms with E-state index in [0.29, 0.717) is 0 Å². The number of rotatable bonds is 4. The van der Waals surface area contributed by atoms with E-state index < -0.39 is 0 Å². The molecule has 1 aliphatic heterocycles. The summed E-state index contributed by atoms with van der Waals surface area (Å²) in [6, 6.07) is 12.2. The van der Waals surface area contributed by atoms with E-state index >= 15 is 0 Å². The fourth-order valence-electron chi connectivity index (χ4n) is 4.96. The van der Waals surface area contributed by atoms with Crippen LogP contribution in [0.15, 0.2) is 42.6 Å². The molecule has 2 fully saturated rings. The highest BCUT2D eigenvalue weighted by molar-refractivity contribution is 5.94. The Labute approximate surface area is 188 Å². The number of benzene rings is 1. The normalized spacial score (nSPS) is 21.7. The molecule has 0 bridgehead atoms. The lowest BCUT2D eigenvalue weighted by atomic mass is 9.86. The molecular formula is C25H30N4O3. The lowest BCUT2D eigenvalue weighted by molar-refractivity contribution is -0.137. The van der Waals surface area contributed by atoms with E-state index in [9.17, 15) is 9.90 Å². The van der Waals surface area contributed by atoms with Crippen molar-refractivity contribution < 1.29 is 14.6 Å². The Bertz CT molecular complexity index is 1080. The number of anilines is 1. The SMILES string of the molecule is COc1ccc(-c2cc3c(N4CCN(C(=O)C5CCC(O)CC5)CC4)ccnc3[nH]2)cc1. The zero-order chi connectivity index (χ0) is 22.1. The lowest BCUT2D eigenvalue weighted by Crippen LogP contribution is -2.51. The number of ether oxygens (including phenoxy) is 1. The minimum Gasteiger partial charge on any atom is -0.497 e. The second kappa shape index (κ2) is 8.82. The summed E-state index contributed by atoms with van der Waals surface area (Å²) in [7, 11) is 1.67. The van der Waals surface area contributed by atoms with Gasteiger partial charge in [-0.2, -0.15) is 0 Å². The number of hydrogen-bond acceptors (Lipinski definition) is 5.